The third-order valence-corrected chi connectivity index (χ3v) is 6.91. The zero-order valence-corrected chi connectivity index (χ0v) is 20.8. The number of nitrogens with one attached hydrogen (secondary N) is 1. The lowest BCUT2D eigenvalue weighted by Crippen LogP contribution is -2.38. The molecule has 1 amide bonds. The first-order chi connectivity index (χ1) is 16.8. The average Bonchev–Trinajstić information content (AvgIpc) is 2.85. The highest BCUT2D eigenvalue weighted by molar-refractivity contribution is 7.92. The number of anilines is 2. The molecule has 3 aromatic carbocycles. The highest BCUT2D eigenvalue weighted by Gasteiger charge is 2.27. The fraction of sp³-hybridized carbons (Fsp3) is 0.200. The Morgan fingerprint density at radius 3 is 2.23 bits per heavy atom. The molecule has 1 N–H and O–H groups in total. The average molecular weight is 517 g/mol. The van der Waals surface area contributed by atoms with Crippen LogP contribution in [0.3, 0.4) is 0 Å². The first-order valence-electron chi connectivity index (χ1n) is 10.8. The fourth-order valence-electron chi connectivity index (χ4n) is 3.19. The molecule has 0 spiro atoms. The van der Waals surface area contributed by atoms with Crippen LogP contribution in [0, 0.1) is 0 Å². The summed E-state index contributed by atoms with van der Waals surface area (Å²) >= 11 is 6.23. The van der Waals surface area contributed by atoms with E-state index in [1.807, 2.05) is 6.92 Å². The summed E-state index contributed by atoms with van der Waals surface area (Å²) in [6.45, 7) is 3.68. The molecule has 0 unspecified atom stereocenters. The third kappa shape index (κ3) is 6.52. The van der Waals surface area contributed by atoms with Gasteiger partial charge in [-0.1, -0.05) is 29.8 Å². The number of carbonyl (C=O) groups excluding carboxylic acids is 2. The SMILES string of the molecule is CCOC(=O)c1ccc(NC(=O)CN(c2ccccc2)S(=O)(=O)c2ccc(OCC)cc2)c(Cl)c1. The Hall–Kier alpha value is -3.56. The van der Waals surface area contributed by atoms with Gasteiger partial charge in [-0.25, -0.2) is 13.2 Å². The van der Waals surface area contributed by atoms with Gasteiger partial charge in [0.1, 0.15) is 12.3 Å². The smallest absolute Gasteiger partial charge is 0.338 e. The number of esters is 1. The van der Waals surface area contributed by atoms with Crippen LogP contribution in [0.1, 0.15) is 24.2 Å². The number of rotatable bonds is 10. The van der Waals surface area contributed by atoms with Gasteiger partial charge < -0.3 is 14.8 Å². The Morgan fingerprint density at radius 1 is 0.943 bits per heavy atom. The number of hydrogen-bond acceptors (Lipinski definition) is 6. The summed E-state index contributed by atoms with van der Waals surface area (Å²) in [5.74, 6) is -0.616. The van der Waals surface area contributed by atoms with E-state index in [1.165, 1.54) is 30.3 Å². The van der Waals surface area contributed by atoms with Crippen LogP contribution < -0.4 is 14.4 Å². The van der Waals surface area contributed by atoms with Crippen molar-refractivity contribution in [1.29, 1.82) is 0 Å². The van der Waals surface area contributed by atoms with Crippen molar-refractivity contribution in [3.63, 3.8) is 0 Å². The molecule has 184 valence electrons. The molecule has 0 aliphatic rings. The summed E-state index contributed by atoms with van der Waals surface area (Å²) in [7, 11) is -4.08. The van der Waals surface area contributed by atoms with E-state index in [2.05, 4.69) is 5.32 Å². The summed E-state index contributed by atoms with van der Waals surface area (Å²) in [6.07, 6.45) is 0. The third-order valence-electron chi connectivity index (χ3n) is 4.81. The van der Waals surface area contributed by atoms with E-state index in [-0.39, 0.29) is 27.8 Å². The predicted octanol–water partition coefficient (Wildman–Crippen LogP) is 4.75. The molecular weight excluding hydrogens is 492 g/mol. The van der Waals surface area contributed by atoms with Crippen LogP contribution in [-0.2, 0) is 19.6 Å². The molecule has 10 heteroatoms. The number of sulfonamides is 1. The molecule has 0 radical (unpaired) electrons. The van der Waals surface area contributed by atoms with Crippen LogP contribution in [0.2, 0.25) is 5.02 Å². The minimum Gasteiger partial charge on any atom is -0.494 e. The predicted molar refractivity (Wildman–Crippen MR) is 135 cm³/mol. The van der Waals surface area contributed by atoms with Gasteiger partial charge in [-0.2, -0.15) is 0 Å². The first kappa shape index (κ1) is 26.1. The fourth-order valence-corrected chi connectivity index (χ4v) is 4.84. The molecule has 8 nitrogen and oxygen atoms in total. The Balaban J connectivity index is 1.85. The Kier molecular flexibility index (Phi) is 8.73. The molecule has 0 aliphatic heterocycles. The van der Waals surface area contributed by atoms with Crippen LogP contribution >= 0.6 is 11.6 Å². The summed E-state index contributed by atoms with van der Waals surface area (Å²) in [5, 5.41) is 2.72. The highest BCUT2D eigenvalue weighted by Crippen LogP contribution is 2.27. The molecule has 0 atom stereocenters. The number of ether oxygens (including phenoxy) is 2. The van der Waals surface area contributed by atoms with Crippen LogP contribution in [0.15, 0.2) is 77.7 Å². The second-order valence-corrected chi connectivity index (χ2v) is 9.48. The first-order valence-corrected chi connectivity index (χ1v) is 12.6. The Morgan fingerprint density at radius 2 is 1.63 bits per heavy atom. The highest BCUT2D eigenvalue weighted by atomic mass is 35.5. The lowest BCUT2D eigenvalue weighted by atomic mass is 10.2. The standard InChI is InChI=1S/C25H25ClN2O6S/c1-3-33-20-11-13-21(14-12-20)35(31,32)28(19-8-6-5-7-9-19)17-24(29)27-23-15-10-18(16-22(23)26)25(30)34-4-2/h5-16H,3-4,17H2,1-2H3,(H,27,29). The van der Waals surface area contributed by atoms with E-state index in [1.54, 1.807) is 49.4 Å². The summed E-state index contributed by atoms with van der Waals surface area (Å²) in [6, 6.07) is 18.6. The van der Waals surface area contributed by atoms with Crippen molar-refractivity contribution in [2.75, 3.05) is 29.4 Å². The molecule has 3 aromatic rings. The van der Waals surface area contributed by atoms with E-state index in [9.17, 15) is 18.0 Å². The summed E-state index contributed by atoms with van der Waals surface area (Å²) in [5.41, 5.74) is 0.787. The van der Waals surface area contributed by atoms with E-state index >= 15 is 0 Å². The number of nitrogens with zero attached hydrogens (tertiary/aromatic N) is 1. The topological polar surface area (TPSA) is 102 Å². The van der Waals surface area contributed by atoms with Gasteiger partial charge in [-0.3, -0.25) is 9.10 Å². The van der Waals surface area contributed by atoms with E-state index in [0.717, 1.165) is 4.31 Å². The van der Waals surface area contributed by atoms with Crippen molar-refractivity contribution in [3.05, 3.63) is 83.4 Å². The van der Waals surface area contributed by atoms with E-state index in [4.69, 9.17) is 21.1 Å². The number of benzene rings is 3. The van der Waals surface area contributed by atoms with Crippen LogP contribution in [0.5, 0.6) is 5.75 Å². The number of halogens is 1. The summed E-state index contributed by atoms with van der Waals surface area (Å²) in [4.78, 5) is 24.8. The number of amides is 1. The van der Waals surface area contributed by atoms with Crippen molar-refractivity contribution >= 4 is 44.9 Å². The molecule has 0 heterocycles. The maximum Gasteiger partial charge on any atom is 0.338 e. The van der Waals surface area contributed by atoms with Gasteiger partial charge in [0.15, 0.2) is 0 Å². The van der Waals surface area contributed by atoms with Gasteiger partial charge in [-0.05, 0) is 68.4 Å². The Bertz CT molecular complexity index is 1280. The molecule has 0 fully saturated rings. The van der Waals surface area contributed by atoms with E-state index < -0.39 is 28.4 Å². The van der Waals surface area contributed by atoms with Crippen molar-refractivity contribution in [1.82, 2.24) is 0 Å². The quantitative estimate of drug-likeness (QED) is 0.390. The number of hydrogen-bond donors (Lipinski definition) is 1. The molecule has 0 aliphatic carbocycles. The zero-order valence-electron chi connectivity index (χ0n) is 19.2. The van der Waals surface area contributed by atoms with Gasteiger partial charge >= 0.3 is 5.97 Å². The van der Waals surface area contributed by atoms with Crippen molar-refractivity contribution < 1.29 is 27.5 Å². The normalized spacial score (nSPS) is 10.9. The van der Waals surface area contributed by atoms with Crippen molar-refractivity contribution in [2.24, 2.45) is 0 Å². The number of carbonyl (C=O) groups is 2. The molecule has 3 rings (SSSR count). The van der Waals surface area contributed by atoms with Gasteiger partial charge in [0.25, 0.3) is 10.0 Å². The minimum absolute atomic E-state index is 0.00873. The molecule has 35 heavy (non-hydrogen) atoms. The monoisotopic (exact) mass is 516 g/mol. The zero-order chi connectivity index (χ0) is 25.4. The van der Waals surface area contributed by atoms with Crippen LogP contribution in [-0.4, -0.2) is 40.1 Å². The van der Waals surface area contributed by atoms with Gasteiger partial charge in [0, 0.05) is 0 Å². The van der Waals surface area contributed by atoms with E-state index in [0.29, 0.717) is 18.0 Å². The van der Waals surface area contributed by atoms with Gasteiger partial charge in [0.2, 0.25) is 5.91 Å². The molecule has 0 saturated heterocycles. The lowest BCUT2D eigenvalue weighted by molar-refractivity contribution is -0.114. The van der Waals surface area contributed by atoms with Gasteiger partial charge in [-0.15, -0.1) is 0 Å². The Labute approximate surface area is 209 Å². The maximum atomic E-state index is 13.5. The lowest BCUT2D eigenvalue weighted by Gasteiger charge is -2.24. The van der Waals surface area contributed by atoms with Gasteiger partial charge in [0.05, 0.1) is 40.1 Å². The molecular formula is C25H25ClN2O6S. The largest absolute Gasteiger partial charge is 0.494 e. The van der Waals surface area contributed by atoms with Crippen molar-refractivity contribution in [3.8, 4) is 5.75 Å². The molecule has 0 bridgehead atoms. The van der Waals surface area contributed by atoms with Crippen LogP contribution in [0.25, 0.3) is 0 Å². The summed E-state index contributed by atoms with van der Waals surface area (Å²) < 4.78 is 38.3. The molecule has 0 aromatic heterocycles. The number of para-hydroxylation sites is 1. The molecule has 0 saturated carbocycles. The maximum absolute atomic E-state index is 13.5. The second-order valence-electron chi connectivity index (χ2n) is 7.21. The second kappa shape index (κ2) is 11.7. The van der Waals surface area contributed by atoms with Crippen LogP contribution in [0.4, 0.5) is 11.4 Å². The van der Waals surface area contributed by atoms with Crippen molar-refractivity contribution in [2.45, 2.75) is 18.7 Å². The minimum atomic E-state index is -4.08.